The fraction of sp³-hybridized carbons (Fsp3) is 0.529. The molecule has 1 aliphatic heterocycles. The Bertz CT molecular complexity index is 434. The van der Waals surface area contributed by atoms with Crippen molar-refractivity contribution >= 4 is 0 Å². The highest BCUT2D eigenvalue weighted by atomic mass is 16.5. The fourth-order valence-electron chi connectivity index (χ4n) is 2.92. The summed E-state index contributed by atoms with van der Waals surface area (Å²) in [7, 11) is 0. The van der Waals surface area contributed by atoms with Gasteiger partial charge in [-0.15, -0.1) is 0 Å². The summed E-state index contributed by atoms with van der Waals surface area (Å²) in [5.41, 5.74) is 1.40. The van der Waals surface area contributed by atoms with Crippen molar-refractivity contribution in [2.75, 3.05) is 13.1 Å². The Morgan fingerprint density at radius 1 is 1.21 bits per heavy atom. The zero-order valence-electron chi connectivity index (χ0n) is 11.7. The lowest BCUT2D eigenvalue weighted by Crippen LogP contribution is -2.33. The maximum atomic E-state index is 6.03. The Balaban J connectivity index is 1.47. The second-order valence-corrected chi connectivity index (χ2v) is 5.96. The first-order valence-electron chi connectivity index (χ1n) is 7.41. The quantitative estimate of drug-likeness (QED) is 0.817. The van der Waals surface area contributed by atoms with Gasteiger partial charge in [0.15, 0.2) is 0 Å². The van der Waals surface area contributed by atoms with Crippen LogP contribution in [0.4, 0.5) is 0 Å². The summed E-state index contributed by atoms with van der Waals surface area (Å²) in [5, 5.41) is 0. The highest BCUT2D eigenvalue weighted by molar-refractivity contribution is 5.15. The van der Waals surface area contributed by atoms with Crippen LogP contribution in [-0.2, 0) is 11.3 Å². The van der Waals surface area contributed by atoms with Gasteiger partial charge in [-0.1, -0.05) is 37.3 Å². The molecule has 3 rings (SSSR count). The van der Waals surface area contributed by atoms with Gasteiger partial charge in [0.25, 0.3) is 0 Å². The molecule has 102 valence electrons. The molecule has 1 aromatic carbocycles. The van der Waals surface area contributed by atoms with Crippen molar-refractivity contribution in [3.8, 4) is 0 Å². The zero-order valence-corrected chi connectivity index (χ0v) is 11.7. The van der Waals surface area contributed by atoms with Gasteiger partial charge >= 0.3 is 0 Å². The van der Waals surface area contributed by atoms with Crippen LogP contribution >= 0.6 is 0 Å². The number of hydrogen-bond donors (Lipinski definition) is 0. The predicted octanol–water partition coefficient (Wildman–Crippen LogP) is 3.59. The second-order valence-electron chi connectivity index (χ2n) is 5.96. The van der Waals surface area contributed by atoms with E-state index < -0.39 is 0 Å². The Morgan fingerprint density at radius 3 is 2.63 bits per heavy atom. The standard InChI is InChI=1S/C17H23NO/c1-14-11-17(12-14)19-16-7-9-18(10-8-16)13-15-5-3-2-4-6-15/h2-7,14,17H,8-13H2,1H3/t14-,17+. The summed E-state index contributed by atoms with van der Waals surface area (Å²) in [6, 6.07) is 10.7. The molecule has 0 radical (unpaired) electrons. The molecule has 0 atom stereocenters. The largest absolute Gasteiger partial charge is 0.495 e. The molecule has 0 saturated heterocycles. The van der Waals surface area contributed by atoms with Gasteiger partial charge in [-0.2, -0.15) is 0 Å². The van der Waals surface area contributed by atoms with E-state index in [4.69, 9.17) is 4.74 Å². The highest BCUT2D eigenvalue weighted by Gasteiger charge is 2.28. The molecule has 1 fully saturated rings. The van der Waals surface area contributed by atoms with Gasteiger partial charge in [-0.05, 0) is 30.4 Å². The van der Waals surface area contributed by atoms with E-state index in [2.05, 4.69) is 48.2 Å². The molecule has 2 aliphatic rings. The van der Waals surface area contributed by atoms with Gasteiger partial charge in [0.2, 0.25) is 0 Å². The summed E-state index contributed by atoms with van der Waals surface area (Å²) < 4.78 is 6.03. The monoisotopic (exact) mass is 257 g/mol. The molecule has 19 heavy (non-hydrogen) atoms. The van der Waals surface area contributed by atoms with Crippen LogP contribution in [0.5, 0.6) is 0 Å². The van der Waals surface area contributed by atoms with E-state index in [1.54, 1.807) is 0 Å². The molecule has 1 aromatic rings. The summed E-state index contributed by atoms with van der Waals surface area (Å²) in [6.07, 6.45) is 6.32. The van der Waals surface area contributed by atoms with Crippen LogP contribution in [-0.4, -0.2) is 24.1 Å². The van der Waals surface area contributed by atoms with Crippen molar-refractivity contribution in [3.63, 3.8) is 0 Å². The average molecular weight is 257 g/mol. The molecule has 2 heteroatoms. The number of benzene rings is 1. The first kappa shape index (κ1) is 12.7. The van der Waals surface area contributed by atoms with Crippen LogP contribution < -0.4 is 0 Å². The number of ether oxygens (including phenoxy) is 1. The number of nitrogens with zero attached hydrogens (tertiary/aromatic N) is 1. The lowest BCUT2D eigenvalue weighted by molar-refractivity contribution is 0.00837. The van der Waals surface area contributed by atoms with Crippen molar-refractivity contribution in [2.24, 2.45) is 5.92 Å². The van der Waals surface area contributed by atoms with Gasteiger partial charge in [-0.25, -0.2) is 0 Å². The molecular weight excluding hydrogens is 234 g/mol. The van der Waals surface area contributed by atoms with E-state index >= 15 is 0 Å². The topological polar surface area (TPSA) is 12.5 Å². The van der Waals surface area contributed by atoms with E-state index in [0.717, 1.165) is 32.0 Å². The highest BCUT2D eigenvalue weighted by Crippen LogP contribution is 2.32. The fourth-order valence-corrected chi connectivity index (χ4v) is 2.92. The van der Waals surface area contributed by atoms with Crippen LogP contribution in [0.2, 0.25) is 0 Å². The summed E-state index contributed by atoms with van der Waals surface area (Å²) in [4.78, 5) is 2.48. The SMILES string of the molecule is C[C@H]1C[C@@H](OC2=CCN(Cc3ccccc3)CC2)C1. The van der Waals surface area contributed by atoms with Gasteiger partial charge in [0.05, 0.1) is 11.9 Å². The van der Waals surface area contributed by atoms with Gasteiger partial charge in [0, 0.05) is 26.1 Å². The van der Waals surface area contributed by atoms with Gasteiger partial charge < -0.3 is 4.74 Å². The third-order valence-corrected chi connectivity index (χ3v) is 4.15. The Morgan fingerprint density at radius 2 is 2.00 bits per heavy atom. The first-order valence-corrected chi connectivity index (χ1v) is 7.41. The first-order chi connectivity index (χ1) is 9.29. The number of rotatable bonds is 4. The predicted molar refractivity (Wildman–Crippen MR) is 77.7 cm³/mol. The van der Waals surface area contributed by atoms with Crippen LogP contribution in [0.3, 0.4) is 0 Å². The minimum absolute atomic E-state index is 0.502. The normalized spacial score (nSPS) is 27.5. The van der Waals surface area contributed by atoms with Crippen LogP contribution in [0.15, 0.2) is 42.2 Å². The maximum absolute atomic E-state index is 6.03. The third kappa shape index (κ3) is 3.38. The number of hydrogen-bond acceptors (Lipinski definition) is 2. The van der Waals surface area contributed by atoms with Gasteiger partial charge in [-0.3, -0.25) is 4.90 Å². The Labute approximate surface area is 116 Å². The molecule has 0 N–H and O–H groups in total. The van der Waals surface area contributed by atoms with E-state index in [-0.39, 0.29) is 0 Å². The van der Waals surface area contributed by atoms with E-state index in [1.807, 2.05) is 0 Å². The minimum atomic E-state index is 0.502. The Kier molecular flexibility index (Phi) is 3.88. The Hall–Kier alpha value is -1.28. The molecule has 0 amide bonds. The summed E-state index contributed by atoms with van der Waals surface area (Å²) >= 11 is 0. The molecule has 0 bridgehead atoms. The van der Waals surface area contributed by atoms with Crippen molar-refractivity contribution in [1.82, 2.24) is 4.90 Å². The lowest BCUT2D eigenvalue weighted by Gasteiger charge is -2.35. The second kappa shape index (κ2) is 5.79. The van der Waals surface area contributed by atoms with Crippen molar-refractivity contribution < 1.29 is 4.74 Å². The summed E-state index contributed by atoms with van der Waals surface area (Å²) in [5.74, 6) is 2.09. The van der Waals surface area contributed by atoms with Gasteiger partial charge in [0.1, 0.15) is 0 Å². The molecule has 0 spiro atoms. The molecule has 1 saturated carbocycles. The van der Waals surface area contributed by atoms with Crippen LogP contribution in [0.1, 0.15) is 31.7 Å². The smallest absolute Gasteiger partial charge is 0.0987 e. The third-order valence-electron chi connectivity index (χ3n) is 4.15. The molecule has 2 nitrogen and oxygen atoms in total. The van der Waals surface area contributed by atoms with Crippen molar-refractivity contribution in [2.45, 2.75) is 38.8 Å². The lowest BCUT2D eigenvalue weighted by atomic mass is 9.84. The van der Waals surface area contributed by atoms with Crippen molar-refractivity contribution in [3.05, 3.63) is 47.7 Å². The van der Waals surface area contributed by atoms with E-state index in [1.165, 1.54) is 24.2 Å². The molecular formula is C17H23NO. The summed E-state index contributed by atoms with van der Waals surface area (Å²) in [6.45, 7) is 5.48. The van der Waals surface area contributed by atoms with E-state index in [0.29, 0.717) is 6.10 Å². The minimum Gasteiger partial charge on any atom is -0.495 e. The molecule has 1 heterocycles. The van der Waals surface area contributed by atoms with Crippen LogP contribution in [0, 0.1) is 5.92 Å². The average Bonchev–Trinajstić information content (AvgIpc) is 2.40. The zero-order chi connectivity index (χ0) is 13.1. The molecule has 0 unspecified atom stereocenters. The molecule has 0 aromatic heterocycles. The molecule has 1 aliphatic carbocycles. The van der Waals surface area contributed by atoms with Crippen molar-refractivity contribution in [1.29, 1.82) is 0 Å². The van der Waals surface area contributed by atoms with E-state index in [9.17, 15) is 0 Å². The maximum Gasteiger partial charge on any atom is 0.0987 e. The van der Waals surface area contributed by atoms with Crippen LogP contribution in [0.25, 0.3) is 0 Å².